The zero-order valence-electron chi connectivity index (χ0n) is 9.63. The van der Waals surface area contributed by atoms with Gasteiger partial charge in [0.05, 0.1) is 17.0 Å². The maximum Gasteiger partial charge on any atom is 0.152 e. The van der Waals surface area contributed by atoms with Crippen molar-refractivity contribution in [3.63, 3.8) is 0 Å². The molecule has 0 bridgehead atoms. The number of phenolic OH excluding ortho intramolecular Hbond substituents is 1. The Balaban J connectivity index is 2.20. The largest absolute Gasteiger partial charge is 0.507 e. The first kappa shape index (κ1) is 12.1. The van der Waals surface area contributed by atoms with Gasteiger partial charge in [0, 0.05) is 11.8 Å². The zero-order chi connectivity index (χ0) is 12.5. The van der Waals surface area contributed by atoms with Gasteiger partial charge in [-0.25, -0.2) is 8.42 Å². The molecule has 1 aliphatic heterocycles. The van der Waals surface area contributed by atoms with Gasteiger partial charge in [-0.05, 0) is 25.5 Å². The van der Waals surface area contributed by atoms with Crippen LogP contribution in [0, 0.1) is 0 Å². The topological polar surface area (TPSA) is 66.7 Å². The Bertz CT molecular complexity index is 551. The first-order valence-corrected chi connectivity index (χ1v) is 7.26. The molecule has 0 unspecified atom stereocenters. The van der Waals surface area contributed by atoms with Gasteiger partial charge in [0.15, 0.2) is 9.84 Å². The molecule has 0 aromatic heterocycles. The average Bonchev–Trinajstić information content (AvgIpc) is 2.53. The molecule has 1 heterocycles. The van der Waals surface area contributed by atoms with Gasteiger partial charge in [-0.1, -0.05) is 12.1 Å². The Morgan fingerprint density at radius 2 is 2.12 bits per heavy atom. The standard InChI is InChI=1S/C12H15NO3S/c1-12(6-7-17(15,16)9-12)13-8-10-4-2-3-5-11(10)14/h2-5,8,14H,6-7,9H2,1H3/t12-/m1/s1. The average molecular weight is 253 g/mol. The Morgan fingerprint density at radius 3 is 2.71 bits per heavy atom. The van der Waals surface area contributed by atoms with Crippen molar-refractivity contribution < 1.29 is 13.5 Å². The molecule has 17 heavy (non-hydrogen) atoms. The summed E-state index contributed by atoms with van der Waals surface area (Å²) in [7, 11) is -2.94. The second kappa shape index (κ2) is 4.14. The molecule has 0 saturated carbocycles. The van der Waals surface area contributed by atoms with E-state index >= 15 is 0 Å². The third-order valence-electron chi connectivity index (χ3n) is 2.93. The molecule has 1 N–H and O–H groups in total. The lowest BCUT2D eigenvalue weighted by Gasteiger charge is -2.15. The zero-order valence-corrected chi connectivity index (χ0v) is 10.4. The SMILES string of the molecule is C[C@@]1(N=Cc2ccccc2O)CCS(=O)(=O)C1. The third-order valence-corrected chi connectivity index (χ3v) is 4.82. The van der Waals surface area contributed by atoms with Crippen LogP contribution in [0.3, 0.4) is 0 Å². The minimum Gasteiger partial charge on any atom is -0.507 e. The molecule has 0 aliphatic carbocycles. The minimum absolute atomic E-state index is 0.0874. The molecule has 1 aliphatic rings. The van der Waals surface area contributed by atoms with Gasteiger partial charge in [0.25, 0.3) is 0 Å². The van der Waals surface area contributed by atoms with E-state index in [1.54, 1.807) is 30.5 Å². The van der Waals surface area contributed by atoms with Crippen LogP contribution in [0.2, 0.25) is 0 Å². The Hall–Kier alpha value is -1.36. The summed E-state index contributed by atoms with van der Waals surface area (Å²) in [5, 5.41) is 9.56. The van der Waals surface area contributed by atoms with Crippen LogP contribution in [0.15, 0.2) is 29.3 Å². The molecule has 2 rings (SSSR count). The second-order valence-corrected chi connectivity index (χ2v) is 6.84. The molecule has 1 saturated heterocycles. The number of benzene rings is 1. The van der Waals surface area contributed by atoms with Crippen molar-refractivity contribution in [2.45, 2.75) is 18.9 Å². The first-order chi connectivity index (χ1) is 7.90. The highest BCUT2D eigenvalue weighted by Gasteiger charge is 2.37. The normalized spacial score (nSPS) is 27.6. The number of sulfone groups is 1. The molecular weight excluding hydrogens is 238 g/mol. The van der Waals surface area contributed by atoms with Crippen molar-refractivity contribution in [2.75, 3.05) is 11.5 Å². The van der Waals surface area contributed by atoms with Crippen LogP contribution in [-0.2, 0) is 9.84 Å². The molecule has 1 aromatic carbocycles. The van der Waals surface area contributed by atoms with Gasteiger partial charge < -0.3 is 5.11 Å². The number of nitrogens with zero attached hydrogens (tertiary/aromatic N) is 1. The van der Waals surface area contributed by atoms with E-state index in [9.17, 15) is 13.5 Å². The van der Waals surface area contributed by atoms with Gasteiger partial charge in [0.1, 0.15) is 5.75 Å². The number of hydrogen-bond donors (Lipinski definition) is 1. The number of para-hydroxylation sites is 1. The van der Waals surface area contributed by atoms with Crippen molar-refractivity contribution in [1.82, 2.24) is 0 Å². The smallest absolute Gasteiger partial charge is 0.152 e. The Morgan fingerprint density at radius 1 is 1.41 bits per heavy atom. The van der Waals surface area contributed by atoms with Gasteiger partial charge in [-0.3, -0.25) is 4.99 Å². The van der Waals surface area contributed by atoms with Gasteiger partial charge in [-0.15, -0.1) is 0 Å². The number of rotatable bonds is 2. The Kier molecular flexibility index (Phi) is 2.95. The fourth-order valence-corrected chi connectivity index (χ4v) is 3.98. The van der Waals surface area contributed by atoms with E-state index in [2.05, 4.69) is 4.99 Å². The van der Waals surface area contributed by atoms with E-state index in [1.165, 1.54) is 0 Å². The van der Waals surface area contributed by atoms with E-state index < -0.39 is 15.4 Å². The molecular formula is C12H15NO3S. The maximum absolute atomic E-state index is 11.4. The monoisotopic (exact) mass is 253 g/mol. The summed E-state index contributed by atoms with van der Waals surface area (Å²) < 4.78 is 22.8. The molecule has 4 nitrogen and oxygen atoms in total. The summed E-state index contributed by atoms with van der Waals surface area (Å²) in [5.41, 5.74) is 0.0548. The molecule has 5 heteroatoms. The quantitative estimate of drug-likeness (QED) is 0.810. The summed E-state index contributed by atoms with van der Waals surface area (Å²) in [4.78, 5) is 4.32. The van der Waals surface area contributed by atoms with E-state index in [0.717, 1.165) is 0 Å². The summed E-state index contributed by atoms with van der Waals surface area (Å²) >= 11 is 0. The second-order valence-electron chi connectivity index (χ2n) is 4.66. The summed E-state index contributed by atoms with van der Waals surface area (Å²) in [6.45, 7) is 1.83. The van der Waals surface area contributed by atoms with Crippen molar-refractivity contribution in [1.29, 1.82) is 0 Å². The molecule has 1 atom stereocenters. The van der Waals surface area contributed by atoms with E-state index in [-0.39, 0.29) is 17.3 Å². The lowest BCUT2D eigenvalue weighted by molar-refractivity contribution is 0.474. The van der Waals surface area contributed by atoms with Crippen LogP contribution in [0.1, 0.15) is 18.9 Å². The van der Waals surface area contributed by atoms with Crippen molar-refractivity contribution in [3.05, 3.63) is 29.8 Å². The van der Waals surface area contributed by atoms with Crippen molar-refractivity contribution in [3.8, 4) is 5.75 Å². The predicted molar refractivity (Wildman–Crippen MR) is 67.4 cm³/mol. The number of phenols is 1. The van der Waals surface area contributed by atoms with E-state index in [4.69, 9.17) is 0 Å². The molecule has 0 amide bonds. The summed E-state index contributed by atoms with van der Waals surface area (Å²) in [6, 6.07) is 6.85. The van der Waals surface area contributed by atoms with Gasteiger partial charge in [0.2, 0.25) is 0 Å². The van der Waals surface area contributed by atoms with Crippen LogP contribution in [0.5, 0.6) is 5.75 Å². The number of aliphatic imine (C=N–C) groups is 1. The van der Waals surface area contributed by atoms with Crippen LogP contribution >= 0.6 is 0 Å². The fourth-order valence-electron chi connectivity index (χ4n) is 1.92. The summed E-state index contributed by atoms with van der Waals surface area (Å²) in [6.07, 6.45) is 2.09. The van der Waals surface area contributed by atoms with Gasteiger partial charge >= 0.3 is 0 Å². The highest BCUT2D eigenvalue weighted by atomic mass is 32.2. The minimum atomic E-state index is -2.94. The van der Waals surface area contributed by atoms with Crippen LogP contribution < -0.4 is 0 Å². The number of hydrogen-bond acceptors (Lipinski definition) is 4. The highest BCUT2D eigenvalue weighted by molar-refractivity contribution is 7.91. The first-order valence-electron chi connectivity index (χ1n) is 5.44. The van der Waals surface area contributed by atoms with E-state index in [0.29, 0.717) is 12.0 Å². The highest BCUT2D eigenvalue weighted by Crippen LogP contribution is 2.27. The van der Waals surface area contributed by atoms with Crippen LogP contribution in [-0.4, -0.2) is 36.8 Å². The van der Waals surface area contributed by atoms with Crippen molar-refractivity contribution >= 4 is 16.1 Å². The molecule has 1 aromatic rings. The van der Waals surface area contributed by atoms with Crippen LogP contribution in [0.25, 0.3) is 0 Å². The third kappa shape index (κ3) is 2.85. The molecule has 0 radical (unpaired) electrons. The van der Waals surface area contributed by atoms with Crippen LogP contribution in [0.4, 0.5) is 0 Å². The van der Waals surface area contributed by atoms with Crippen molar-refractivity contribution in [2.24, 2.45) is 4.99 Å². The summed E-state index contributed by atoms with van der Waals surface area (Å²) in [5.74, 6) is 0.437. The predicted octanol–water partition coefficient (Wildman–Crippen LogP) is 1.39. The molecule has 0 spiro atoms. The maximum atomic E-state index is 11.4. The Labute approximate surface area is 101 Å². The molecule has 92 valence electrons. The molecule has 1 fully saturated rings. The lowest BCUT2D eigenvalue weighted by atomic mass is 10.0. The fraction of sp³-hybridized carbons (Fsp3) is 0.417. The van der Waals surface area contributed by atoms with Gasteiger partial charge in [-0.2, -0.15) is 0 Å². The lowest BCUT2D eigenvalue weighted by Crippen LogP contribution is -2.23. The number of aromatic hydroxyl groups is 1. The van der Waals surface area contributed by atoms with E-state index in [1.807, 2.05) is 6.92 Å².